The van der Waals surface area contributed by atoms with E-state index in [1.165, 1.54) is 25.9 Å². The number of nitrogens with one attached hydrogen (secondary N) is 1. The number of hydrogen-bond donors (Lipinski definition) is 1. The van der Waals surface area contributed by atoms with Gasteiger partial charge in [0.2, 0.25) is 5.91 Å². The van der Waals surface area contributed by atoms with E-state index in [4.69, 9.17) is 0 Å². The Bertz CT molecular complexity index is 756. The molecule has 2 heterocycles. The maximum absolute atomic E-state index is 13.3. The Hall–Kier alpha value is -1.60. The zero-order valence-corrected chi connectivity index (χ0v) is 20.8. The third-order valence-electron chi connectivity index (χ3n) is 6.77. The fourth-order valence-electron chi connectivity index (χ4n) is 4.61. The number of urea groups is 1. The summed E-state index contributed by atoms with van der Waals surface area (Å²) in [6.07, 6.45) is 5.21. The summed E-state index contributed by atoms with van der Waals surface area (Å²) in [5, 5.41) is 3.11. The lowest BCUT2D eigenvalue weighted by molar-refractivity contribution is -0.130. The van der Waals surface area contributed by atoms with Crippen molar-refractivity contribution in [3.8, 4) is 0 Å². The molecule has 1 aromatic rings. The minimum atomic E-state index is -0.0322. The fourth-order valence-corrected chi connectivity index (χ4v) is 4.86. The van der Waals surface area contributed by atoms with Crippen LogP contribution >= 0.6 is 15.9 Å². The summed E-state index contributed by atoms with van der Waals surface area (Å²) in [5.41, 5.74) is 1.92. The second kappa shape index (κ2) is 11.3. The largest absolute Gasteiger partial charge is 0.343 e. The summed E-state index contributed by atoms with van der Waals surface area (Å²) in [4.78, 5) is 31.4. The monoisotopic (exact) mass is 492 g/mol. The molecule has 6 nitrogen and oxygen atoms in total. The number of hydrogen-bond acceptors (Lipinski definition) is 3. The van der Waals surface area contributed by atoms with Crippen LogP contribution in [0.25, 0.3) is 0 Å². The zero-order chi connectivity index (χ0) is 22.4. The predicted molar refractivity (Wildman–Crippen MR) is 129 cm³/mol. The molecule has 0 radical (unpaired) electrons. The first-order valence-corrected chi connectivity index (χ1v) is 12.4. The first-order chi connectivity index (χ1) is 14.8. The Morgan fingerprint density at radius 2 is 1.81 bits per heavy atom. The quantitative estimate of drug-likeness (QED) is 0.624. The number of aryl methyl sites for hydroxylation is 1. The van der Waals surface area contributed by atoms with Crippen molar-refractivity contribution in [3.63, 3.8) is 0 Å². The van der Waals surface area contributed by atoms with Crippen LogP contribution in [0.4, 0.5) is 10.5 Å². The Balaban J connectivity index is 1.61. The number of carbonyl (C=O) groups is 2. The van der Waals surface area contributed by atoms with Crippen LogP contribution in [0.2, 0.25) is 0 Å². The van der Waals surface area contributed by atoms with E-state index in [1.54, 1.807) is 6.92 Å². The summed E-state index contributed by atoms with van der Waals surface area (Å²) < 4.78 is 1.04. The topological polar surface area (TPSA) is 55.9 Å². The second-order valence-electron chi connectivity index (χ2n) is 9.20. The van der Waals surface area contributed by atoms with Gasteiger partial charge in [-0.3, -0.25) is 4.79 Å². The normalized spacial score (nSPS) is 18.8. The molecule has 1 N–H and O–H groups in total. The zero-order valence-electron chi connectivity index (χ0n) is 19.2. The van der Waals surface area contributed by atoms with E-state index < -0.39 is 0 Å². The van der Waals surface area contributed by atoms with Crippen molar-refractivity contribution in [1.82, 2.24) is 14.7 Å². The number of nitrogens with zero attached hydrogens (tertiary/aromatic N) is 3. The van der Waals surface area contributed by atoms with Gasteiger partial charge in [0.05, 0.1) is 0 Å². The predicted octanol–water partition coefficient (Wildman–Crippen LogP) is 4.72. The molecule has 2 aliphatic rings. The molecule has 1 aromatic carbocycles. The van der Waals surface area contributed by atoms with Crippen LogP contribution in [0.5, 0.6) is 0 Å². The maximum Gasteiger partial charge on any atom is 0.322 e. The summed E-state index contributed by atoms with van der Waals surface area (Å²) in [7, 11) is 0. The number of amides is 3. The Labute approximate surface area is 195 Å². The van der Waals surface area contributed by atoms with Gasteiger partial charge < -0.3 is 20.0 Å². The molecule has 31 heavy (non-hydrogen) atoms. The molecule has 2 fully saturated rings. The molecule has 0 unspecified atom stereocenters. The Kier molecular flexibility index (Phi) is 8.78. The molecule has 0 atom stereocenters. The van der Waals surface area contributed by atoms with Crippen LogP contribution in [0.3, 0.4) is 0 Å². The van der Waals surface area contributed by atoms with E-state index in [1.807, 2.05) is 34.9 Å². The highest BCUT2D eigenvalue weighted by atomic mass is 79.9. The number of rotatable bonds is 6. The molecule has 0 aliphatic carbocycles. The van der Waals surface area contributed by atoms with Crippen LogP contribution in [0.15, 0.2) is 22.7 Å². The Morgan fingerprint density at radius 3 is 2.42 bits per heavy atom. The molecule has 0 aromatic heterocycles. The molecule has 172 valence electrons. The molecule has 0 bridgehead atoms. The van der Waals surface area contributed by atoms with E-state index in [0.29, 0.717) is 0 Å². The third-order valence-corrected chi connectivity index (χ3v) is 7.66. The number of halogens is 1. The lowest BCUT2D eigenvalue weighted by atomic mass is 9.99. The van der Waals surface area contributed by atoms with E-state index in [0.717, 1.165) is 67.1 Å². The molecule has 0 spiro atoms. The van der Waals surface area contributed by atoms with Crippen molar-refractivity contribution in [2.45, 2.75) is 58.9 Å². The van der Waals surface area contributed by atoms with Crippen molar-refractivity contribution in [2.24, 2.45) is 5.92 Å². The van der Waals surface area contributed by atoms with Crippen molar-refractivity contribution < 1.29 is 9.59 Å². The van der Waals surface area contributed by atoms with E-state index in [9.17, 15) is 9.59 Å². The average Bonchev–Trinajstić information content (AvgIpc) is 2.75. The van der Waals surface area contributed by atoms with Gasteiger partial charge in [0, 0.05) is 42.8 Å². The summed E-state index contributed by atoms with van der Waals surface area (Å²) in [6.45, 7) is 11.6. The van der Waals surface area contributed by atoms with Crippen LogP contribution < -0.4 is 5.32 Å². The Morgan fingerprint density at radius 1 is 1.13 bits per heavy atom. The van der Waals surface area contributed by atoms with Crippen molar-refractivity contribution in [3.05, 3.63) is 28.2 Å². The minimum absolute atomic E-state index is 0.0322. The van der Waals surface area contributed by atoms with Crippen LogP contribution in [0.1, 0.15) is 51.5 Å². The van der Waals surface area contributed by atoms with Gasteiger partial charge in [-0.15, -0.1) is 0 Å². The van der Waals surface area contributed by atoms with Gasteiger partial charge in [0.15, 0.2) is 0 Å². The SMILES string of the molecule is CC(=O)N1CCC(N(CCCN2CCC(C)CC2)C(=O)Nc2ccc(Br)c(C)c2)CC1. The molecule has 2 aliphatic heterocycles. The summed E-state index contributed by atoms with van der Waals surface area (Å²) in [6, 6.07) is 6.04. The molecule has 0 saturated carbocycles. The molecule has 3 rings (SSSR count). The van der Waals surface area contributed by atoms with Crippen molar-refractivity contribution >= 4 is 33.6 Å². The third kappa shape index (κ3) is 6.94. The number of carbonyl (C=O) groups excluding carboxylic acids is 2. The van der Waals surface area contributed by atoms with Crippen molar-refractivity contribution in [2.75, 3.05) is 44.6 Å². The average molecular weight is 493 g/mol. The molecule has 7 heteroatoms. The van der Waals surface area contributed by atoms with Crippen LogP contribution in [0, 0.1) is 12.8 Å². The smallest absolute Gasteiger partial charge is 0.322 e. The maximum atomic E-state index is 13.3. The summed E-state index contributed by atoms with van der Waals surface area (Å²) >= 11 is 3.52. The lowest BCUT2D eigenvalue weighted by Crippen LogP contribution is -2.50. The van der Waals surface area contributed by atoms with Crippen LogP contribution in [-0.4, -0.2) is 71.9 Å². The van der Waals surface area contributed by atoms with Gasteiger partial charge in [-0.2, -0.15) is 0 Å². The van der Waals surface area contributed by atoms with E-state index >= 15 is 0 Å². The van der Waals surface area contributed by atoms with Gasteiger partial charge in [-0.25, -0.2) is 4.79 Å². The first-order valence-electron chi connectivity index (χ1n) is 11.6. The fraction of sp³-hybridized carbons (Fsp3) is 0.667. The second-order valence-corrected chi connectivity index (χ2v) is 10.1. The van der Waals surface area contributed by atoms with Crippen LogP contribution in [-0.2, 0) is 4.79 Å². The number of anilines is 1. The van der Waals surface area contributed by atoms with Gasteiger partial charge in [0.25, 0.3) is 0 Å². The lowest BCUT2D eigenvalue weighted by Gasteiger charge is -2.39. The highest BCUT2D eigenvalue weighted by Crippen LogP contribution is 2.23. The van der Waals surface area contributed by atoms with Gasteiger partial charge in [-0.1, -0.05) is 22.9 Å². The number of likely N-dealkylation sites (tertiary alicyclic amines) is 2. The van der Waals surface area contributed by atoms with Gasteiger partial charge in [-0.05, 0) is 88.3 Å². The molecular weight excluding hydrogens is 456 g/mol. The minimum Gasteiger partial charge on any atom is -0.343 e. The molecule has 3 amide bonds. The molecular formula is C24H37BrN4O2. The number of benzene rings is 1. The highest BCUT2D eigenvalue weighted by molar-refractivity contribution is 9.10. The number of piperidine rings is 2. The van der Waals surface area contributed by atoms with Crippen molar-refractivity contribution in [1.29, 1.82) is 0 Å². The van der Waals surface area contributed by atoms with E-state index in [2.05, 4.69) is 33.1 Å². The first kappa shape index (κ1) is 24.1. The van der Waals surface area contributed by atoms with E-state index in [-0.39, 0.29) is 18.0 Å². The van der Waals surface area contributed by atoms with Gasteiger partial charge >= 0.3 is 6.03 Å². The highest BCUT2D eigenvalue weighted by Gasteiger charge is 2.29. The molecule has 2 saturated heterocycles. The summed E-state index contributed by atoms with van der Waals surface area (Å²) in [5.74, 6) is 0.957. The standard InChI is InChI=1S/C24H37BrN4O2/c1-18-7-13-27(14-8-18)11-4-12-29(22-9-15-28(16-10-22)20(3)30)24(31)26-21-5-6-23(25)19(2)17-21/h5-6,17-18,22H,4,7-16H2,1-3H3,(H,26,31). The van der Waals surface area contributed by atoms with Gasteiger partial charge in [0.1, 0.15) is 0 Å².